The molecular formula is CClF3OS. The zero-order valence-corrected chi connectivity index (χ0v) is 4.40. The lowest BCUT2D eigenvalue weighted by molar-refractivity contribution is -0.0365. The van der Waals surface area contributed by atoms with Gasteiger partial charge in [0.2, 0.25) is 10.0 Å². The third-order valence-electron chi connectivity index (χ3n) is 0.182. The molecule has 0 saturated carbocycles. The quantitative estimate of drug-likeness (QED) is 0.480. The molecule has 0 saturated heterocycles. The monoisotopic (exact) mass is 152 g/mol. The van der Waals surface area contributed by atoms with E-state index in [9.17, 15) is 17.4 Å². The van der Waals surface area contributed by atoms with E-state index >= 15 is 0 Å². The summed E-state index contributed by atoms with van der Waals surface area (Å²) in [6.07, 6.45) is 0. The first-order valence-corrected chi connectivity index (χ1v) is 3.07. The Morgan fingerprint density at radius 1 is 1.43 bits per heavy atom. The summed E-state index contributed by atoms with van der Waals surface area (Å²) in [7, 11) is 0.890. The zero-order valence-electron chi connectivity index (χ0n) is 2.83. The van der Waals surface area contributed by atoms with Crippen LogP contribution < -0.4 is 0 Å². The van der Waals surface area contributed by atoms with Crippen molar-refractivity contribution in [1.29, 1.82) is 0 Å². The van der Waals surface area contributed by atoms with Crippen molar-refractivity contribution < 1.29 is 17.4 Å². The topological polar surface area (TPSA) is 17.1 Å². The van der Waals surface area contributed by atoms with Crippen molar-refractivity contribution in [2.45, 2.75) is 5.51 Å². The molecule has 0 aliphatic heterocycles. The van der Waals surface area contributed by atoms with Gasteiger partial charge >= 0.3 is 5.51 Å². The number of hydrogen-bond acceptors (Lipinski definition) is 1. The first-order chi connectivity index (χ1) is 2.94. The molecule has 1 nitrogen and oxygen atoms in total. The van der Waals surface area contributed by atoms with Gasteiger partial charge in [-0.1, -0.05) is 0 Å². The Kier molecular flexibility index (Phi) is 2.07. The summed E-state index contributed by atoms with van der Waals surface area (Å²) in [5, 5.41) is 0. The first kappa shape index (κ1) is 7.23. The summed E-state index contributed by atoms with van der Waals surface area (Å²) in [6.45, 7) is 0. The van der Waals surface area contributed by atoms with Crippen LogP contribution in [0.1, 0.15) is 0 Å². The van der Waals surface area contributed by atoms with Crippen molar-refractivity contribution in [1.82, 2.24) is 0 Å². The molecule has 1 atom stereocenters. The van der Waals surface area contributed by atoms with Crippen LogP contribution in [-0.4, -0.2) is 9.72 Å². The maximum absolute atomic E-state index is 10.7. The van der Waals surface area contributed by atoms with Crippen LogP contribution in [0.5, 0.6) is 0 Å². The summed E-state index contributed by atoms with van der Waals surface area (Å²) in [5.74, 6) is 0. The van der Waals surface area contributed by atoms with Gasteiger partial charge in [-0.15, -0.1) is 0 Å². The van der Waals surface area contributed by atoms with E-state index in [-0.39, 0.29) is 0 Å². The normalized spacial score (nSPS) is 16.6. The molecule has 0 radical (unpaired) electrons. The van der Waals surface area contributed by atoms with E-state index in [1.165, 1.54) is 0 Å². The highest BCUT2D eigenvalue weighted by Gasteiger charge is 2.35. The minimum atomic E-state index is -4.76. The fourth-order valence-electron chi connectivity index (χ4n) is 0. The number of alkyl halides is 3. The summed E-state index contributed by atoms with van der Waals surface area (Å²) in [6, 6.07) is 0. The Morgan fingerprint density at radius 2 is 1.57 bits per heavy atom. The lowest BCUT2D eigenvalue weighted by Gasteiger charge is -1.94. The van der Waals surface area contributed by atoms with Gasteiger partial charge in [-0.25, -0.2) is 4.21 Å². The number of rotatable bonds is 0. The van der Waals surface area contributed by atoms with Gasteiger partial charge < -0.3 is 0 Å². The Labute approximate surface area is 44.4 Å². The Hall–Kier alpha value is 0.230. The summed E-state index contributed by atoms with van der Waals surface area (Å²) in [5.41, 5.74) is -4.76. The molecule has 0 aliphatic rings. The predicted molar refractivity (Wildman–Crippen MR) is 20.1 cm³/mol. The number of hydrogen-bond donors (Lipinski definition) is 0. The smallest absolute Gasteiger partial charge is 0.233 e. The van der Waals surface area contributed by atoms with Crippen LogP contribution in [-0.2, 0) is 10.0 Å². The van der Waals surface area contributed by atoms with Crippen molar-refractivity contribution >= 4 is 20.7 Å². The minimum Gasteiger partial charge on any atom is -0.233 e. The lowest BCUT2D eigenvalue weighted by Crippen LogP contribution is -2.09. The molecule has 0 aromatic heterocycles. The molecule has 1 unspecified atom stereocenters. The molecule has 0 aliphatic carbocycles. The third-order valence-corrected chi connectivity index (χ3v) is 1.07. The molecule has 0 bridgehead atoms. The maximum atomic E-state index is 10.7. The molecule has 0 heterocycles. The lowest BCUT2D eigenvalue weighted by atomic mass is 11.6. The van der Waals surface area contributed by atoms with Crippen LogP contribution in [0, 0.1) is 0 Å². The Morgan fingerprint density at radius 3 is 1.57 bits per heavy atom. The minimum absolute atomic E-state index is 3.21. The molecule has 0 aromatic rings. The van der Waals surface area contributed by atoms with Crippen LogP contribution in [0.3, 0.4) is 0 Å². The van der Waals surface area contributed by atoms with Gasteiger partial charge in [0, 0.05) is 0 Å². The van der Waals surface area contributed by atoms with Crippen molar-refractivity contribution in [2.24, 2.45) is 0 Å². The molecule has 7 heavy (non-hydrogen) atoms. The van der Waals surface area contributed by atoms with Gasteiger partial charge in [-0.2, -0.15) is 13.2 Å². The van der Waals surface area contributed by atoms with E-state index in [1.54, 1.807) is 0 Å². The van der Waals surface area contributed by atoms with Crippen molar-refractivity contribution in [2.75, 3.05) is 0 Å². The van der Waals surface area contributed by atoms with E-state index in [0.29, 0.717) is 0 Å². The van der Waals surface area contributed by atoms with Crippen molar-refractivity contribution in [3.8, 4) is 0 Å². The largest absolute Gasteiger partial charge is 0.486 e. The molecule has 0 spiro atoms. The standard InChI is InChI=1S/CClF3OS/c2-7(6)1(3,4)5. The molecule has 0 rings (SSSR count). The number of halogens is 4. The van der Waals surface area contributed by atoms with Crippen LogP contribution in [0.25, 0.3) is 0 Å². The van der Waals surface area contributed by atoms with Gasteiger partial charge in [0.25, 0.3) is 0 Å². The fourth-order valence-corrected chi connectivity index (χ4v) is 0. The average Bonchev–Trinajstić information content (AvgIpc) is 1.31. The molecule has 6 heteroatoms. The molecule has 0 aromatic carbocycles. The van der Waals surface area contributed by atoms with Gasteiger partial charge in [-0.05, 0) is 10.7 Å². The third kappa shape index (κ3) is 2.87. The van der Waals surface area contributed by atoms with Crippen LogP contribution >= 0.6 is 10.7 Å². The summed E-state index contributed by atoms with van der Waals surface area (Å²) >= 11 is 0. The highest BCUT2D eigenvalue weighted by Crippen LogP contribution is 2.21. The van der Waals surface area contributed by atoms with E-state index in [2.05, 4.69) is 10.7 Å². The second kappa shape index (κ2) is 2.00. The highest BCUT2D eigenvalue weighted by atomic mass is 35.7. The van der Waals surface area contributed by atoms with E-state index < -0.39 is 15.5 Å². The first-order valence-electron chi connectivity index (χ1n) is 1.09. The van der Waals surface area contributed by atoms with Gasteiger partial charge in [0.1, 0.15) is 0 Å². The molecule has 0 fully saturated rings. The summed E-state index contributed by atoms with van der Waals surface area (Å²) < 4.78 is 41.5. The second-order valence-corrected chi connectivity index (χ2v) is 2.42. The molecule has 0 amide bonds. The highest BCUT2D eigenvalue weighted by molar-refractivity contribution is 8.09. The van der Waals surface area contributed by atoms with Crippen molar-refractivity contribution in [3.63, 3.8) is 0 Å². The van der Waals surface area contributed by atoms with Crippen LogP contribution in [0.4, 0.5) is 13.2 Å². The Balaban J connectivity index is 3.79. The van der Waals surface area contributed by atoms with Gasteiger partial charge in [-0.3, -0.25) is 0 Å². The Bertz CT molecular complexity index is 87.4. The van der Waals surface area contributed by atoms with E-state index in [0.717, 1.165) is 0 Å². The van der Waals surface area contributed by atoms with Gasteiger partial charge in [0.05, 0.1) is 0 Å². The van der Waals surface area contributed by atoms with Crippen molar-refractivity contribution in [3.05, 3.63) is 0 Å². The SMILES string of the molecule is O=S(Cl)C(F)(F)F. The van der Waals surface area contributed by atoms with E-state index in [4.69, 9.17) is 0 Å². The summed E-state index contributed by atoms with van der Waals surface area (Å²) in [4.78, 5) is 0. The fraction of sp³-hybridized carbons (Fsp3) is 1.00. The zero-order chi connectivity index (χ0) is 6.08. The van der Waals surface area contributed by atoms with Crippen LogP contribution in [0.2, 0.25) is 0 Å². The molecular weight excluding hydrogens is 153 g/mol. The maximum Gasteiger partial charge on any atom is 0.486 e. The predicted octanol–water partition coefficient (Wildman–Crippen LogP) is 1.41. The second-order valence-electron chi connectivity index (χ2n) is 0.669. The molecule has 0 N–H and O–H groups in total. The average molecular weight is 153 g/mol. The van der Waals surface area contributed by atoms with Gasteiger partial charge in [0.15, 0.2) is 0 Å². The van der Waals surface area contributed by atoms with E-state index in [1.807, 2.05) is 0 Å². The van der Waals surface area contributed by atoms with Crippen LogP contribution in [0.15, 0.2) is 0 Å². The molecule has 44 valence electrons.